The molecule has 1 unspecified atom stereocenters. The first kappa shape index (κ1) is 21.8. The van der Waals surface area contributed by atoms with Gasteiger partial charge in [-0.1, -0.05) is 18.2 Å². The van der Waals surface area contributed by atoms with Gasteiger partial charge < -0.3 is 9.64 Å². The van der Waals surface area contributed by atoms with E-state index in [-0.39, 0.29) is 16.8 Å². The maximum absolute atomic E-state index is 13.2. The van der Waals surface area contributed by atoms with Crippen LogP contribution in [0.25, 0.3) is 0 Å². The second kappa shape index (κ2) is 8.85. The van der Waals surface area contributed by atoms with E-state index in [9.17, 15) is 13.2 Å². The van der Waals surface area contributed by atoms with Gasteiger partial charge in [-0.2, -0.15) is 4.31 Å². The molecule has 29 heavy (non-hydrogen) atoms. The van der Waals surface area contributed by atoms with Crippen molar-refractivity contribution in [3.05, 3.63) is 58.1 Å². The maximum atomic E-state index is 13.2. The molecule has 2 aromatic rings. The number of benzene rings is 2. The summed E-state index contributed by atoms with van der Waals surface area (Å²) in [6, 6.07) is 11.9. The van der Waals surface area contributed by atoms with Crippen LogP contribution in [-0.4, -0.2) is 50.8 Å². The van der Waals surface area contributed by atoms with Crippen LogP contribution in [0.3, 0.4) is 0 Å². The summed E-state index contributed by atoms with van der Waals surface area (Å²) in [6.45, 7) is 2.95. The highest BCUT2D eigenvalue weighted by molar-refractivity contribution is 9.10. The van der Waals surface area contributed by atoms with Gasteiger partial charge in [0.2, 0.25) is 10.0 Å². The lowest BCUT2D eigenvalue weighted by Crippen LogP contribution is -2.31. The van der Waals surface area contributed by atoms with Gasteiger partial charge in [-0.05, 0) is 60.0 Å². The normalized spacial score (nSPS) is 15.9. The van der Waals surface area contributed by atoms with Gasteiger partial charge in [-0.15, -0.1) is 0 Å². The fourth-order valence-electron chi connectivity index (χ4n) is 3.49. The predicted octanol–water partition coefficient (Wildman–Crippen LogP) is 4.08. The lowest BCUT2D eigenvalue weighted by molar-refractivity contribution is 0.0740. The summed E-state index contributed by atoms with van der Waals surface area (Å²) < 4.78 is 33.2. The molecular formula is C21H25BrN2O4S. The average molecular weight is 481 g/mol. The predicted molar refractivity (Wildman–Crippen MR) is 116 cm³/mol. The highest BCUT2D eigenvalue weighted by Gasteiger charge is 2.29. The third-order valence-corrected chi connectivity index (χ3v) is 7.95. The Morgan fingerprint density at radius 2 is 1.83 bits per heavy atom. The molecule has 6 nitrogen and oxygen atoms in total. The van der Waals surface area contributed by atoms with E-state index in [4.69, 9.17) is 4.74 Å². The number of ether oxygens (including phenoxy) is 1. The summed E-state index contributed by atoms with van der Waals surface area (Å²) >= 11 is 3.40. The van der Waals surface area contributed by atoms with Crippen molar-refractivity contribution in [1.29, 1.82) is 0 Å². The molecule has 0 N–H and O–H groups in total. The van der Waals surface area contributed by atoms with Crippen LogP contribution in [0.2, 0.25) is 0 Å². The molecule has 0 saturated carbocycles. The van der Waals surface area contributed by atoms with Crippen LogP contribution in [0.5, 0.6) is 5.75 Å². The summed E-state index contributed by atoms with van der Waals surface area (Å²) in [5, 5.41) is 0. The first-order chi connectivity index (χ1) is 13.8. The van der Waals surface area contributed by atoms with Gasteiger partial charge in [0.05, 0.1) is 23.6 Å². The van der Waals surface area contributed by atoms with Gasteiger partial charge in [-0.25, -0.2) is 8.42 Å². The molecule has 2 aromatic carbocycles. The smallest absolute Gasteiger partial charge is 0.255 e. The summed E-state index contributed by atoms with van der Waals surface area (Å²) in [6.07, 6.45) is 1.72. The standard InChI is InChI=1S/C21H25BrN2O4S/c1-15(17-8-4-5-9-20(17)28-3)23(2)21(25)18-14-16(10-11-19(18)22)29(26,27)24-12-6-7-13-24/h4-5,8-11,14-15H,6-7,12-13H2,1-3H3. The second-order valence-corrected chi connectivity index (χ2v) is 9.88. The van der Waals surface area contributed by atoms with Crippen molar-refractivity contribution in [1.82, 2.24) is 9.21 Å². The van der Waals surface area contributed by atoms with Gasteiger partial charge in [0.25, 0.3) is 5.91 Å². The molecule has 8 heteroatoms. The van der Waals surface area contributed by atoms with Crippen molar-refractivity contribution in [3.8, 4) is 5.75 Å². The number of halogens is 1. The van der Waals surface area contributed by atoms with Crippen molar-refractivity contribution >= 4 is 31.9 Å². The van der Waals surface area contributed by atoms with E-state index in [0.717, 1.165) is 18.4 Å². The highest BCUT2D eigenvalue weighted by Crippen LogP contribution is 2.31. The Balaban J connectivity index is 1.92. The molecule has 1 fully saturated rings. The first-order valence-electron chi connectivity index (χ1n) is 9.47. The molecule has 1 aliphatic rings. The van der Waals surface area contributed by atoms with E-state index in [1.165, 1.54) is 16.4 Å². The average Bonchev–Trinajstić information content (AvgIpc) is 3.28. The number of methoxy groups -OCH3 is 1. The fourth-order valence-corrected chi connectivity index (χ4v) is 5.45. The fraction of sp³-hybridized carbons (Fsp3) is 0.381. The SMILES string of the molecule is COc1ccccc1C(C)N(C)C(=O)c1cc(S(=O)(=O)N2CCCC2)ccc1Br. The van der Waals surface area contributed by atoms with E-state index < -0.39 is 10.0 Å². The van der Waals surface area contributed by atoms with Gasteiger partial charge in [0.15, 0.2) is 0 Å². The highest BCUT2D eigenvalue weighted by atomic mass is 79.9. The molecule has 0 bridgehead atoms. The molecule has 0 aromatic heterocycles. The number of rotatable bonds is 6. The molecule has 156 valence electrons. The third kappa shape index (κ3) is 4.34. The van der Waals surface area contributed by atoms with Gasteiger partial charge in [-0.3, -0.25) is 4.79 Å². The number of sulfonamides is 1. The number of carbonyl (C=O) groups is 1. The van der Waals surface area contributed by atoms with Crippen LogP contribution in [0.15, 0.2) is 51.8 Å². The molecule has 0 aliphatic carbocycles. The third-order valence-electron chi connectivity index (χ3n) is 5.36. The first-order valence-corrected chi connectivity index (χ1v) is 11.7. The molecule has 1 aliphatic heterocycles. The Morgan fingerprint density at radius 1 is 1.17 bits per heavy atom. The molecule has 1 heterocycles. The monoisotopic (exact) mass is 480 g/mol. The molecule has 3 rings (SSSR count). The maximum Gasteiger partial charge on any atom is 0.255 e. The minimum Gasteiger partial charge on any atom is -0.496 e. The number of nitrogens with zero attached hydrogens (tertiary/aromatic N) is 2. The summed E-state index contributed by atoms with van der Waals surface area (Å²) in [4.78, 5) is 15.0. The summed E-state index contributed by atoms with van der Waals surface area (Å²) in [5.41, 5.74) is 1.19. The van der Waals surface area contributed by atoms with Gasteiger partial charge in [0.1, 0.15) is 5.75 Å². The molecule has 1 atom stereocenters. The number of hydrogen-bond donors (Lipinski definition) is 0. The minimum atomic E-state index is -3.60. The topological polar surface area (TPSA) is 66.9 Å². The Bertz CT molecular complexity index is 1000. The molecule has 0 spiro atoms. The van der Waals surface area contributed by atoms with E-state index in [0.29, 0.717) is 28.9 Å². The number of para-hydroxylation sites is 1. The summed E-state index contributed by atoms with van der Waals surface area (Å²) in [5.74, 6) is 0.429. The molecule has 0 radical (unpaired) electrons. The second-order valence-electron chi connectivity index (χ2n) is 7.09. The number of amides is 1. The number of carbonyl (C=O) groups excluding carboxylic acids is 1. The summed E-state index contributed by atoms with van der Waals surface area (Å²) in [7, 11) is -0.303. The van der Waals surface area contributed by atoms with Crippen molar-refractivity contribution in [2.45, 2.75) is 30.7 Å². The van der Waals surface area contributed by atoms with Crippen molar-refractivity contribution < 1.29 is 17.9 Å². The van der Waals surface area contributed by atoms with Crippen LogP contribution in [0, 0.1) is 0 Å². The molecular weight excluding hydrogens is 456 g/mol. The van der Waals surface area contributed by atoms with Crippen LogP contribution in [-0.2, 0) is 10.0 Å². The van der Waals surface area contributed by atoms with Crippen molar-refractivity contribution in [2.24, 2.45) is 0 Å². The largest absolute Gasteiger partial charge is 0.496 e. The van der Waals surface area contributed by atoms with Crippen LogP contribution >= 0.6 is 15.9 Å². The van der Waals surface area contributed by atoms with Gasteiger partial charge >= 0.3 is 0 Å². The quantitative estimate of drug-likeness (QED) is 0.624. The van der Waals surface area contributed by atoms with E-state index in [2.05, 4.69) is 15.9 Å². The lowest BCUT2D eigenvalue weighted by Gasteiger charge is -2.27. The Kier molecular flexibility index (Phi) is 6.65. The Labute approximate surface area is 180 Å². The van der Waals surface area contributed by atoms with Crippen LogP contribution < -0.4 is 4.74 Å². The van der Waals surface area contributed by atoms with Gasteiger partial charge in [0, 0.05) is 30.2 Å². The van der Waals surface area contributed by atoms with Crippen LogP contribution in [0.1, 0.15) is 41.7 Å². The van der Waals surface area contributed by atoms with E-state index in [1.807, 2.05) is 31.2 Å². The molecule has 1 amide bonds. The number of hydrogen-bond acceptors (Lipinski definition) is 4. The Morgan fingerprint density at radius 3 is 2.48 bits per heavy atom. The van der Waals surface area contributed by atoms with Crippen molar-refractivity contribution in [3.63, 3.8) is 0 Å². The zero-order valence-corrected chi connectivity index (χ0v) is 19.2. The lowest BCUT2D eigenvalue weighted by atomic mass is 10.0. The van der Waals surface area contributed by atoms with Crippen molar-refractivity contribution in [2.75, 3.05) is 27.2 Å². The van der Waals surface area contributed by atoms with E-state index in [1.54, 1.807) is 25.1 Å². The minimum absolute atomic E-state index is 0.143. The Hall–Kier alpha value is -1.90. The van der Waals surface area contributed by atoms with E-state index >= 15 is 0 Å². The molecule has 1 saturated heterocycles. The van der Waals surface area contributed by atoms with Crippen LogP contribution in [0.4, 0.5) is 0 Å². The zero-order valence-electron chi connectivity index (χ0n) is 16.8. The zero-order chi connectivity index (χ0) is 21.2.